The van der Waals surface area contributed by atoms with Gasteiger partial charge in [-0.3, -0.25) is 9.10 Å². The van der Waals surface area contributed by atoms with E-state index < -0.39 is 10.0 Å². The summed E-state index contributed by atoms with van der Waals surface area (Å²) in [4.78, 5) is 16.7. The molecule has 3 rings (SSSR count). The molecule has 1 aliphatic heterocycles. The summed E-state index contributed by atoms with van der Waals surface area (Å²) in [5, 5.41) is 0.679. The van der Waals surface area contributed by atoms with Crippen LogP contribution in [0.25, 0.3) is 0 Å². The minimum atomic E-state index is -3.57. The molecule has 28 heavy (non-hydrogen) atoms. The van der Waals surface area contributed by atoms with Crippen LogP contribution in [-0.4, -0.2) is 58.2 Å². The molecule has 0 saturated carbocycles. The van der Waals surface area contributed by atoms with Crippen molar-refractivity contribution in [3.05, 3.63) is 59.1 Å². The van der Waals surface area contributed by atoms with Gasteiger partial charge in [0.05, 0.1) is 11.9 Å². The predicted molar refractivity (Wildman–Crippen MR) is 114 cm³/mol. The fraction of sp³-hybridized carbons (Fsp3) is 0.350. The third kappa shape index (κ3) is 4.77. The first-order valence-electron chi connectivity index (χ1n) is 9.07. The van der Waals surface area contributed by atoms with E-state index in [0.29, 0.717) is 36.9 Å². The number of rotatable bonds is 5. The van der Waals surface area contributed by atoms with Crippen molar-refractivity contribution in [3.63, 3.8) is 0 Å². The summed E-state index contributed by atoms with van der Waals surface area (Å²) in [6.07, 6.45) is 1.13. The zero-order chi connectivity index (χ0) is 20.3. The Kier molecular flexibility index (Phi) is 6.15. The van der Waals surface area contributed by atoms with E-state index in [9.17, 15) is 13.2 Å². The quantitative estimate of drug-likeness (QED) is 0.744. The van der Waals surface area contributed by atoms with Crippen LogP contribution >= 0.6 is 11.6 Å². The first-order chi connectivity index (χ1) is 13.3. The molecule has 0 aromatic heterocycles. The van der Waals surface area contributed by atoms with Gasteiger partial charge < -0.3 is 9.80 Å². The lowest BCUT2D eigenvalue weighted by Crippen LogP contribution is -2.52. The molecule has 1 aliphatic rings. The van der Waals surface area contributed by atoms with Gasteiger partial charge in [-0.1, -0.05) is 35.9 Å². The van der Waals surface area contributed by atoms with Gasteiger partial charge in [0.2, 0.25) is 15.9 Å². The van der Waals surface area contributed by atoms with E-state index in [1.807, 2.05) is 43.3 Å². The molecule has 1 heterocycles. The highest BCUT2D eigenvalue weighted by atomic mass is 35.5. The van der Waals surface area contributed by atoms with Crippen LogP contribution in [0.5, 0.6) is 0 Å². The third-order valence-corrected chi connectivity index (χ3v) is 6.23. The fourth-order valence-corrected chi connectivity index (χ4v) is 4.43. The Labute approximate surface area is 171 Å². The Balaban J connectivity index is 1.68. The molecule has 2 aromatic rings. The molecule has 0 aliphatic carbocycles. The molecule has 2 aromatic carbocycles. The molecular weight excluding hydrogens is 398 g/mol. The highest BCUT2D eigenvalue weighted by molar-refractivity contribution is 7.92. The summed E-state index contributed by atoms with van der Waals surface area (Å²) >= 11 is 6.06. The molecule has 0 unspecified atom stereocenters. The van der Waals surface area contributed by atoms with Crippen molar-refractivity contribution >= 4 is 38.9 Å². The number of aryl methyl sites for hydroxylation is 1. The van der Waals surface area contributed by atoms with E-state index >= 15 is 0 Å². The standard InChI is InChI=1S/C20H24ClN3O3S/c1-16-6-3-4-9-19(16)24(28(2,26)27)15-20(25)23-12-10-22(11-13-23)18-8-5-7-17(21)14-18/h3-9,14H,10-13,15H2,1-2H3. The normalized spacial score (nSPS) is 14.8. The number of carbonyl (C=O) groups is 1. The Morgan fingerprint density at radius 3 is 2.36 bits per heavy atom. The fourth-order valence-electron chi connectivity index (χ4n) is 3.33. The lowest BCUT2D eigenvalue weighted by Gasteiger charge is -2.37. The smallest absolute Gasteiger partial charge is 0.243 e. The van der Waals surface area contributed by atoms with E-state index in [1.54, 1.807) is 17.0 Å². The van der Waals surface area contributed by atoms with Crippen molar-refractivity contribution in [1.82, 2.24) is 4.90 Å². The summed E-state index contributed by atoms with van der Waals surface area (Å²) in [5.74, 6) is -0.195. The number of halogens is 1. The van der Waals surface area contributed by atoms with Crippen LogP contribution in [0, 0.1) is 6.92 Å². The van der Waals surface area contributed by atoms with Crippen LogP contribution < -0.4 is 9.21 Å². The van der Waals surface area contributed by atoms with Gasteiger partial charge in [-0.25, -0.2) is 8.42 Å². The molecule has 0 radical (unpaired) electrons. The Hall–Kier alpha value is -2.25. The molecular formula is C20H24ClN3O3S. The second kappa shape index (κ2) is 8.41. The molecule has 150 valence electrons. The molecule has 0 N–H and O–H groups in total. The highest BCUT2D eigenvalue weighted by Crippen LogP contribution is 2.23. The molecule has 1 amide bonds. The molecule has 1 fully saturated rings. The molecule has 1 saturated heterocycles. The van der Waals surface area contributed by atoms with Gasteiger partial charge in [0.1, 0.15) is 6.54 Å². The first-order valence-corrected chi connectivity index (χ1v) is 11.3. The molecule has 6 nitrogen and oxygen atoms in total. The molecule has 8 heteroatoms. The van der Waals surface area contributed by atoms with E-state index in [0.717, 1.165) is 17.5 Å². The van der Waals surface area contributed by atoms with Crippen molar-refractivity contribution in [2.24, 2.45) is 0 Å². The third-order valence-electron chi connectivity index (χ3n) is 4.87. The summed E-state index contributed by atoms with van der Waals surface area (Å²) in [6, 6.07) is 14.8. The lowest BCUT2D eigenvalue weighted by molar-refractivity contribution is -0.129. The zero-order valence-electron chi connectivity index (χ0n) is 16.0. The number of nitrogens with zero attached hydrogens (tertiary/aromatic N) is 3. The average molecular weight is 422 g/mol. The number of hydrogen-bond acceptors (Lipinski definition) is 4. The van der Waals surface area contributed by atoms with Crippen molar-refractivity contribution in [2.45, 2.75) is 6.92 Å². The van der Waals surface area contributed by atoms with Gasteiger partial charge in [0.15, 0.2) is 0 Å². The second-order valence-corrected chi connectivity index (χ2v) is 9.25. The van der Waals surface area contributed by atoms with Gasteiger partial charge in [0.25, 0.3) is 0 Å². The largest absolute Gasteiger partial charge is 0.368 e. The van der Waals surface area contributed by atoms with Gasteiger partial charge in [-0.05, 0) is 36.8 Å². The van der Waals surface area contributed by atoms with Crippen molar-refractivity contribution in [2.75, 3.05) is 48.2 Å². The van der Waals surface area contributed by atoms with Crippen LogP contribution in [-0.2, 0) is 14.8 Å². The van der Waals surface area contributed by atoms with Gasteiger partial charge >= 0.3 is 0 Å². The van der Waals surface area contributed by atoms with Crippen molar-refractivity contribution < 1.29 is 13.2 Å². The summed E-state index contributed by atoms with van der Waals surface area (Å²) in [6.45, 7) is 4.07. The Bertz CT molecular complexity index is 957. The zero-order valence-corrected chi connectivity index (χ0v) is 17.6. The topological polar surface area (TPSA) is 60.9 Å². The van der Waals surface area contributed by atoms with Crippen molar-refractivity contribution in [1.29, 1.82) is 0 Å². The minimum absolute atomic E-state index is 0.194. The predicted octanol–water partition coefficient (Wildman–Crippen LogP) is 2.76. The van der Waals surface area contributed by atoms with E-state index in [4.69, 9.17) is 11.6 Å². The summed E-state index contributed by atoms with van der Waals surface area (Å²) in [5.41, 5.74) is 2.37. The van der Waals surface area contributed by atoms with Crippen LogP contribution in [0.4, 0.5) is 11.4 Å². The van der Waals surface area contributed by atoms with Crippen molar-refractivity contribution in [3.8, 4) is 0 Å². The second-order valence-electron chi connectivity index (χ2n) is 6.90. The molecule has 0 bridgehead atoms. The Morgan fingerprint density at radius 2 is 1.75 bits per heavy atom. The number of hydrogen-bond donors (Lipinski definition) is 0. The first kappa shape index (κ1) is 20.5. The lowest BCUT2D eigenvalue weighted by atomic mass is 10.2. The number of para-hydroxylation sites is 1. The number of piperazine rings is 1. The number of benzene rings is 2. The highest BCUT2D eigenvalue weighted by Gasteiger charge is 2.27. The SMILES string of the molecule is Cc1ccccc1N(CC(=O)N1CCN(c2cccc(Cl)c2)CC1)S(C)(=O)=O. The van der Waals surface area contributed by atoms with E-state index in [1.165, 1.54) is 4.31 Å². The van der Waals surface area contributed by atoms with E-state index in [2.05, 4.69) is 4.90 Å². The Morgan fingerprint density at radius 1 is 1.07 bits per heavy atom. The van der Waals surface area contributed by atoms with Gasteiger partial charge in [-0.2, -0.15) is 0 Å². The van der Waals surface area contributed by atoms with Crippen LogP contribution in [0.1, 0.15) is 5.56 Å². The van der Waals surface area contributed by atoms with Crippen LogP contribution in [0.3, 0.4) is 0 Å². The number of amides is 1. The number of anilines is 2. The van der Waals surface area contributed by atoms with E-state index in [-0.39, 0.29) is 12.5 Å². The monoisotopic (exact) mass is 421 g/mol. The maximum absolute atomic E-state index is 12.8. The van der Waals surface area contributed by atoms with Crippen LogP contribution in [0.2, 0.25) is 5.02 Å². The maximum atomic E-state index is 12.8. The number of sulfonamides is 1. The minimum Gasteiger partial charge on any atom is -0.368 e. The van der Waals surface area contributed by atoms with Crippen LogP contribution in [0.15, 0.2) is 48.5 Å². The average Bonchev–Trinajstić information content (AvgIpc) is 2.66. The summed E-state index contributed by atoms with van der Waals surface area (Å²) < 4.78 is 25.8. The summed E-state index contributed by atoms with van der Waals surface area (Å²) in [7, 11) is -3.57. The number of carbonyl (C=O) groups excluding carboxylic acids is 1. The van der Waals surface area contributed by atoms with Gasteiger partial charge in [-0.15, -0.1) is 0 Å². The molecule has 0 atom stereocenters. The molecule has 0 spiro atoms. The van der Waals surface area contributed by atoms with Gasteiger partial charge in [0, 0.05) is 36.9 Å². The maximum Gasteiger partial charge on any atom is 0.243 e.